The van der Waals surface area contributed by atoms with E-state index >= 15 is 0 Å². The second kappa shape index (κ2) is 4.76. The maximum atomic E-state index is 10.7. The lowest BCUT2D eigenvalue weighted by molar-refractivity contribution is -0.385. The maximum absolute atomic E-state index is 10.7. The van der Waals surface area contributed by atoms with Crippen LogP contribution in [0.5, 0.6) is 0 Å². The van der Waals surface area contributed by atoms with Crippen LogP contribution in [0.2, 0.25) is 0 Å². The zero-order chi connectivity index (χ0) is 10.6. The summed E-state index contributed by atoms with van der Waals surface area (Å²) >= 11 is 1.40. The van der Waals surface area contributed by atoms with E-state index in [1.165, 1.54) is 17.8 Å². The molecule has 14 heavy (non-hydrogen) atoms. The molecule has 0 aliphatic heterocycles. The predicted molar refractivity (Wildman–Crippen MR) is 59.1 cm³/mol. The lowest BCUT2D eigenvalue weighted by Crippen LogP contribution is -2.00. The second-order valence-corrected chi connectivity index (χ2v) is 3.30. The summed E-state index contributed by atoms with van der Waals surface area (Å²) in [6.07, 6.45) is 1.85. The Morgan fingerprint density at radius 3 is 2.64 bits per heavy atom. The Kier molecular flexibility index (Phi) is 3.64. The van der Waals surface area contributed by atoms with Crippen molar-refractivity contribution in [2.24, 2.45) is 4.99 Å². The average molecular weight is 210 g/mol. The van der Waals surface area contributed by atoms with Crippen molar-refractivity contribution < 1.29 is 4.92 Å². The topological polar surface area (TPSA) is 55.5 Å². The van der Waals surface area contributed by atoms with E-state index in [4.69, 9.17) is 0 Å². The molecule has 1 rings (SSSR count). The molecule has 0 aliphatic rings. The van der Waals surface area contributed by atoms with Gasteiger partial charge in [0.25, 0.3) is 5.69 Å². The summed E-state index contributed by atoms with van der Waals surface area (Å²) in [5.74, 6) is 0. The van der Waals surface area contributed by atoms with E-state index in [1.54, 1.807) is 25.2 Å². The molecule has 0 saturated heterocycles. The first-order valence-electron chi connectivity index (χ1n) is 3.95. The van der Waals surface area contributed by atoms with Gasteiger partial charge >= 0.3 is 0 Å². The van der Waals surface area contributed by atoms with Crippen LogP contribution < -0.4 is 0 Å². The van der Waals surface area contributed by atoms with Crippen LogP contribution >= 0.6 is 11.8 Å². The van der Waals surface area contributed by atoms with Gasteiger partial charge in [0.05, 0.1) is 10.5 Å². The molecule has 74 valence electrons. The van der Waals surface area contributed by atoms with E-state index in [0.717, 1.165) is 0 Å². The number of thioether (sulfide) groups is 1. The standard InChI is InChI=1S/C9H10N2O2S/c1-10-9(14-2)7-5-3-4-6-8(7)11(12)13/h3-6H,1-2H3. The number of nitro benzene ring substituents is 1. The highest BCUT2D eigenvalue weighted by atomic mass is 32.2. The second-order valence-electron chi connectivity index (χ2n) is 2.51. The molecule has 0 aliphatic carbocycles. The highest BCUT2D eigenvalue weighted by molar-refractivity contribution is 8.13. The number of nitrogens with zero attached hydrogens (tertiary/aromatic N) is 2. The van der Waals surface area contributed by atoms with Crippen LogP contribution in [0.3, 0.4) is 0 Å². The fourth-order valence-corrected chi connectivity index (χ4v) is 1.71. The van der Waals surface area contributed by atoms with E-state index in [1.807, 2.05) is 6.26 Å². The Labute approximate surface area is 86.2 Å². The van der Waals surface area contributed by atoms with Gasteiger partial charge in [-0.05, 0) is 12.3 Å². The highest BCUT2D eigenvalue weighted by Crippen LogP contribution is 2.22. The molecule has 0 unspecified atom stereocenters. The molecule has 0 fully saturated rings. The largest absolute Gasteiger partial charge is 0.281 e. The third-order valence-electron chi connectivity index (χ3n) is 1.73. The minimum Gasteiger partial charge on any atom is -0.281 e. The van der Waals surface area contributed by atoms with Crippen molar-refractivity contribution in [1.82, 2.24) is 0 Å². The summed E-state index contributed by atoms with van der Waals surface area (Å²) in [6, 6.07) is 6.60. The van der Waals surface area contributed by atoms with Gasteiger partial charge in [0, 0.05) is 13.1 Å². The fraction of sp³-hybridized carbons (Fsp3) is 0.222. The molecule has 0 spiro atoms. The van der Waals surface area contributed by atoms with Gasteiger partial charge in [0.2, 0.25) is 0 Å². The zero-order valence-corrected chi connectivity index (χ0v) is 8.75. The normalized spacial score (nSPS) is 11.4. The average Bonchev–Trinajstić information content (AvgIpc) is 2.20. The summed E-state index contributed by atoms with van der Waals surface area (Å²) < 4.78 is 0. The van der Waals surface area contributed by atoms with Gasteiger partial charge in [-0.1, -0.05) is 12.1 Å². The summed E-state index contributed by atoms with van der Waals surface area (Å²) in [6.45, 7) is 0. The van der Waals surface area contributed by atoms with Crippen molar-refractivity contribution in [2.75, 3.05) is 13.3 Å². The van der Waals surface area contributed by atoms with E-state index in [-0.39, 0.29) is 5.69 Å². The Hall–Kier alpha value is -1.36. The van der Waals surface area contributed by atoms with Crippen LogP contribution in [0.15, 0.2) is 29.3 Å². The molecule has 0 saturated carbocycles. The molecule has 0 atom stereocenters. The molecule has 0 heterocycles. The molecule has 1 aromatic carbocycles. The van der Waals surface area contributed by atoms with Crippen molar-refractivity contribution in [3.05, 3.63) is 39.9 Å². The van der Waals surface area contributed by atoms with Gasteiger partial charge in [-0.2, -0.15) is 0 Å². The third-order valence-corrected chi connectivity index (χ3v) is 2.52. The first-order chi connectivity index (χ1) is 6.70. The van der Waals surface area contributed by atoms with Gasteiger partial charge in [0.1, 0.15) is 5.04 Å². The molecule has 4 nitrogen and oxygen atoms in total. The number of benzene rings is 1. The lowest BCUT2D eigenvalue weighted by atomic mass is 10.2. The number of hydrogen-bond donors (Lipinski definition) is 0. The zero-order valence-electron chi connectivity index (χ0n) is 7.93. The number of rotatable bonds is 2. The van der Waals surface area contributed by atoms with Crippen LogP contribution in [-0.2, 0) is 0 Å². The maximum Gasteiger partial charge on any atom is 0.279 e. The van der Waals surface area contributed by atoms with E-state index in [9.17, 15) is 10.1 Å². The molecule has 0 amide bonds. The summed E-state index contributed by atoms with van der Waals surface area (Å²) in [7, 11) is 1.63. The first-order valence-corrected chi connectivity index (χ1v) is 5.17. The fourth-order valence-electron chi connectivity index (χ4n) is 1.14. The molecule has 5 heteroatoms. The van der Waals surface area contributed by atoms with Crippen molar-refractivity contribution in [1.29, 1.82) is 0 Å². The molecular weight excluding hydrogens is 200 g/mol. The molecule has 0 bridgehead atoms. The number of nitro groups is 1. The van der Waals surface area contributed by atoms with Crippen molar-refractivity contribution >= 4 is 22.5 Å². The smallest absolute Gasteiger partial charge is 0.279 e. The summed E-state index contributed by atoms with van der Waals surface area (Å²) in [5, 5.41) is 11.4. The quantitative estimate of drug-likeness (QED) is 0.326. The highest BCUT2D eigenvalue weighted by Gasteiger charge is 2.15. The Bertz CT molecular complexity index is 377. The van der Waals surface area contributed by atoms with Crippen molar-refractivity contribution in [3.8, 4) is 0 Å². The van der Waals surface area contributed by atoms with E-state index in [0.29, 0.717) is 10.6 Å². The van der Waals surface area contributed by atoms with Gasteiger partial charge in [-0.25, -0.2) is 0 Å². The third kappa shape index (κ3) is 2.11. The van der Waals surface area contributed by atoms with Crippen molar-refractivity contribution in [2.45, 2.75) is 0 Å². The van der Waals surface area contributed by atoms with Crippen molar-refractivity contribution in [3.63, 3.8) is 0 Å². The van der Waals surface area contributed by atoms with Crippen LogP contribution in [0.4, 0.5) is 5.69 Å². The Balaban J connectivity index is 3.26. The van der Waals surface area contributed by atoms with Gasteiger partial charge in [-0.3, -0.25) is 15.1 Å². The Morgan fingerprint density at radius 2 is 2.14 bits per heavy atom. The minimum atomic E-state index is -0.392. The van der Waals surface area contributed by atoms with Crippen LogP contribution in [0.1, 0.15) is 5.56 Å². The summed E-state index contributed by atoms with van der Waals surface area (Å²) in [4.78, 5) is 14.3. The SMILES string of the molecule is CN=C(SC)c1ccccc1[N+](=O)[O-]. The summed E-state index contributed by atoms with van der Waals surface area (Å²) in [5.41, 5.74) is 0.676. The van der Waals surface area contributed by atoms with E-state index in [2.05, 4.69) is 4.99 Å². The van der Waals surface area contributed by atoms with Crippen LogP contribution in [0, 0.1) is 10.1 Å². The Morgan fingerprint density at radius 1 is 1.50 bits per heavy atom. The van der Waals surface area contributed by atoms with Gasteiger partial charge in [0.15, 0.2) is 0 Å². The monoisotopic (exact) mass is 210 g/mol. The number of hydrogen-bond acceptors (Lipinski definition) is 4. The van der Waals surface area contributed by atoms with Gasteiger partial charge in [-0.15, -0.1) is 11.8 Å². The number of para-hydroxylation sites is 1. The first kappa shape index (κ1) is 10.7. The molecular formula is C9H10N2O2S. The molecule has 0 aromatic heterocycles. The predicted octanol–water partition coefficient (Wildman–Crippen LogP) is 2.33. The molecule has 1 aromatic rings. The molecule has 0 radical (unpaired) electrons. The lowest BCUT2D eigenvalue weighted by Gasteiger charge is -2.02. The van der Waals surface area contributed by atoms with Crippen LogP contribution in [0.25, 0.3) is 0 Å². The minimum absolute atomic E-state index is 0.0995. The number of aliphatic imine (C=N–C) groups is 1. The van der Waals surface area contributed by atoms with E-state index < -0.39 is 4.92 Å². The molecule has 0 N–H and O–H groups in total. The van der Waals surface area contributed by atoms with Gasteiger partial charge < -0.3 is 0 Å². The van der Waals surface area contributed by atoms with Crippen LogP contribution in [-0.4, -0.2) is 23.3 Å².